The van der Waals surface area contributed by atoms with Crippen LogP contribution in [0.4, 0.5) is 5.69 Å². The zero-order valence-corrected chi connectivity index (χ0v) is 22.2. The molecule has 0 radical (unpaired) electrons. The van der Waals surface area contributed by atoms with Crippen LogP contribution in [0.25, 0.3) is 0 Å². The molecule has 0 unspecified atom stereocenters. The molecule has 0 saturated carbocycles. The molecule has 6 nitrogen and oxygen atoms in total. The Labute approximate surface area is 205 Å². The molecule has 1 fully saturated rings. The lowest BCUT2D eigenvalue weighted by Crippen LogP contribution is -2.43. The quantitative estimate of drug-likeness (QED) is 0.495. The van der Waals surface area contributed by atoms with E-state index in [2.05, 4.69) is 35.1 Å². The molecule has 2 aromatic carbocycles. The second kappa shape index (κ2) is 11.0. The van der Waals surface area contributed by atoms with Gasteiger partial charge in [0, 0.05) is 23.2 Å². The third kappa shape index (κ3) is 5.78. The zero-order valence-electron chi connectivity index (χ0n) is 19.8. The molecular formula is C25H33BrN2O4S. The van der Waals surface area contributed by atoms with Crippen LogP contribution in [-0.4, -0.2) is 38.3 Å². The molecule has 8 heteroatoms. The van der Waals surface area contributed by atoms with Crippen LogP contribution in [0.5, 0.6) is 5.75 Å². The van der Waals surface area contributed by atoms with E-state index in [1.165, 1.54) is 4.31 Å². The third-order valence-corrected chi connectivity index (χ3v) is 8.43. The second-order valence-corrected chi connectivity index (χ2v) is 11.2. The number of sulfonamides is 1. The first-order valence-corrected chi connectivity index (χ1v) is 13.8. The second-order valence-electron chi connectivity index (χ2n) is 8.36. The number of piperidine rings is 1. The van der Waals surface area contributed by atoms with Gasteiger partial charge in [-0.3, -0.25) is 4.79 Å². The normalized spacial score (nSPS) is 17.1. The van der Waals surface area contributed by atoms with Gasteiger partial charge in [0.05, 0.1) is 17.4 Å². The minimum atomic E-state index is -3.70. The fourth-order valence-electron chi connectivity index (χ4n) is 4.29. The fraction of sp³-hybridized carbons (Fsp3) is 0.480. The highest BCUT2D eigenvalue weighted by Crippen LogP contribution is 2.31. The standard InChI is InChI=1S/C25H33BrN2O4S/c1-5-18-14-21(26)15-19(6-2)24(18)27-25(29)20-9-8-12-28(16-20)33(30,31)22-10-11-23(32-7-3)17(4)13-22/h10-11,13-15,20H,5-9,12,16H2,1-4H3,(H,27,29)/t20-/m0/s1. The number of carbonyl (C=O) groups is 1. The number of amides is 1. The van der Waals surface area contributed by atoms with Crippen LogP contribution < -0.4 is 10.1 Å². The number of ether oxygens (including phenoxy) is 1. The van der Waals surface area contributed by atoms with Gasteiger partial charge in [0.1, 0.15) is 5.75 Å². The van der Waals surface area contributed by atoms with Crippen molar-refractivity contribution in [1.29, 1.82) is 0 Å². The van der Waals surface area contributed by atoms with Gasteiger partial charge < -0.3 is 10.1 Å². The molecule has 1 aliphatic rings. The zero-order chi connectivity index (χ0) is 24.2. The van der Waals surface area contributed by atoms with E-state index in [1.807, 2.05) is 26.0 Å². The summed E-state index contributed by atoms with van der Waals surface area (Å²) in [5, 5.41) is 3.12. The Kier molecular flexibility index (Phi) is 8.59. The number of hydrogen-bond acceptors (Lipinski definition) is 4. The van der Waals surface area contributed by atoms with Gasteiger partial charge in [-0.2, -0.15) is 4.31 Å². The summed E-state index contributed by atoms with van der Waals surface area (Å²) in [4.78, 5) is 13.4. The van der Waals surface area contributed by atoms with Crippen LogP contribution in [0, 0.1) is 12.8 Å². The summed E-state index contributed by atoms with van der Waals surface area (Å²) >= 11 is 3.55. The van der Waals surface area contributed by atoms with Crippen LogP contribution in [0.3, 0.4) is 0 Å². The molecule has 1 heterocycles. The summed E-state index contributed by atoms with van der Waals surface area (Å²) in [6.45, 7) is 8.97. The number of aryl methyl sites for hydroxylation is 3. The molecule has 1 atom stereocenters. The van der Waals surface area contributed by atoms with Gasteiger partial charge >= 0.3 is 0 Å². The van der Waals surface area contributed by atoms with E-state index < -0.39 is 15.9 Å². The Hall–Kier alpha value is -1.90. The van der Waals surface area contributed by atoms with Crippen LogP contribution in [0.2, 0.25) is 0 Å². The number of rotatable bonds is 8. The van der Waals surface area contributed by atoms with E-state index in [-0.39, 0.29) is 17.3 Å². The number of nitrogens with one attached hydrogen (secondary N) is 1. The van der Waals surface area contributed by atoms with E-state index in [1.54, 1.807) is 18.2 Å². The molecule has 180 valence electrons. The highest BCUT2D eigenvalue weighted by atomic mass is 79.9. The van der Waals surface area contributed by atoms with E-state index in [0.29, 0.717) is 31.7 Å². The number of nitrogens with zero attached hydrogens (tertiary/aromatic N) is 1. The van der Waals surface area contributed by atoms with E-state index >= 15 is 0 Å². The Morgan fingerprint density at radius 3 is 2.39 bits per heavy atom. The van der Waals surface area contributed by atoms with Crippen molar-refractivity contribution in [2.24, 2.45) is 5.92 Å². The summed E-state index contributed by atoms with van der Waals surface area (Å²) in [7, 11) is -3.70. The van der Waals surface area contributed by atoms with E-state index in [0.717, 1.165) is 39.7 Å². The number of hydrogen-bond donors (Lipinski definition) is 1. The minimum Gasteiger partial charge on any atom is -0.494 e. The van der Waals surface area contributed by atoms with Crippen molar-refractivity contribution in [3.63, 3.8) is 0 Å². The Morgan fingerprint density at radius 1 is 1.15 bits per heavy atom. The van der Waals surface area contributed by atoms with Crippen molar-refractivity contribution in [2.45, 2.75) is 58.3 Å². The highest BCUT2D eigenvalue weighted by molar-refractivity contribution is 9.10. The van der Waals surface area contributed by atoms with Crippen LogP contribution >= 0.6 is 15.9 Å². The molecule has 3 rings (SSSR count). The SMILES string of the molecule is CCOc1ccc(S(=O)(=O)N2CCC[C@H](C(=O)Nc3c(CC)cc(Br)cc3CC)C2)cc1C. The van der Waals surface area contributed by atoms with Gasteiger partial charge in [-0.05, 0) is 86.6 Å². The van der Waals surface area contributed by atoms with Gasteiger partial charge in [0.2, 0.25) is 15.9 Å². The van der Waals surface area contributed by atoms with Gasteiger partial charge in [0.15, 0.2) is 0 Å². The predicted octanol–water partition coefficient (Wildman–Crippen LogP) is 5.32. The number of benzene rings is 2. The van der Waals surface area contributed by atoms with Gasteiger partial charge in [-0.1, -0.05) is 29.8 Å². The molecular weight excluding hydrogens is 504 g/mol. The maximum atomic E-state index is 13.3. The number of carbonyl (C=O) groups excluding carboxylic acids is 1. The van der Waals surface area contributed by atoms with Crippen molar-refractivity contribution in [3.8, 4) is 5.75 Å². The largest absolute Gasteiger partial charge is 0.494 e. The monoisotopic (exact) mass is 536 g/mol. The third-order valence-electron chi connectivity index (χ3n) is 6.12. The Morgan fingerprint density at radius 2 is 1.82 bits per heavy atom. The lowest BCUT2D eigenvalue weighted by atomic mass is 9.97. The van der Waals surface area contributed by atoms with E-state index in [4.69, 9.17) is 4.74 Å². The van der Waals surface area contributed by atoms with Crippen molar-refractivity contribution >= 4 is 37.5 Å². The molecule has 1 amide bonds. The minimum absolute atomic E-state index is 0.121. The Balaban J connectivity index is 1.79. The maximum absolute atomic E-state index is 13.3. The number of anilines is 1. The van der Waals surface area contributed by atoms with Crippen molar-refractivity contribution in [2.75, 3.05) is 25.0 Å². The van der Waals surface area contributed by atoms with Crippen LogP contribution in [0.1, 0.15) is 50.3 Å². The lowest BCUT2D eigenvalue weighted by Gasteiger charge is -2.31. The van der Waals surface area contributed by atoms with E-state index in [9.17, 15) is 13.2 Å². The van der Waals surface area contributed by atoms with Crippen molar-refractivity contribution in [1.82, 2.24) is 4.31 Å². The lowest BCUT2D eigenvalue weighted by molar-refractivity contribution is -0.120. The summed E-state index contributed by atoms with van der Waals surface area (Å²) in [6, 6.07) is 8.99. The van der Waals surface area contributed by atoms with Crippen LogP contribution in [0.15, 0.2) is 39.7 Å². The van der Waals surface area contributed by atoms with Crippen molar-refractivity contribution < 1.29 is 17.9 Å². The smallest absolute Gasteiger partial charge is 0.243 e. The molecule has 0 aliphatic carbocycles. The predicted molar refractivity (Wildman–Crippen MR) is 135 cm³/mol. The van der Waals surface area contributed by atoms with Gasteiger partial charge in [-0.25, -0.2) is 8.42 Å². The first-order valence-electron chi connectivity index (χ1n) is 11.6. The molecule has 1 saturated heterocycles. The number of halogens is 1. The van der Waals surface area contributed by atoms with Crippen LogP contribution in [-0.2, 0) is 27.7 Å². The summed E-state index contributed by atoms with van der Waals surface area (Å²) in [6.07, 6.45) is 2.91. The molecule has 2 aromatic rings. The molecule has 0 spiro atoms. The summed E-state index contributed by atoms with van der Waals surface area (Å²) in [5.74, 6) is 0.167. The highest BCUT2D eigenvalue weighted by Gasteiger charge is 2.34. The maximum Gasteiger partial charge on any atom is 0.243 e. The molecule has 1 N–H and O–H groups in total. The van der Waals surface area contributed by atoms with Gasteiger partial charge in [-0.15, -0.1) is 0 Å². The molecule has 0 bridgehead atoms. The van der Waals surface area contributed by atoms with Gasteiger partial charge in [0.25, 0.3) is 0 Å². The first kappa shape index (κ1) is 25.7. The topological polar surface area (TPSA) is 75.7 Å². The summed E-state index contributed by atoms with van der Waals surface area (Å²) in [5.41, 5.74) is 3.77. The fourth-order valence-corrected chi connectivity index (χ4v) is 6.45. The van der Waals surface area contributed by atoms with Crippen molar-refractivity contribution in [3.05, 3.63) is 51.5 Å². The molecule has 0 aromatic heterocycles. The molecule has 1 aliphatic heterocycles. The average Bonchev–Trinajstić information content (AvgIpc) is 2.81. The summed E-state index contributed by atoms with van der Waals surface area (Å²) < 4.78 is 34.6. The first-order chi connectivity index (χ1) is 15.7. The Bertz CT molecular complexity index is 1090. The molecule has 33 heavy (non-hydrogen) atoms. The average molecular weight is 538 g/mol.